The molecule has 2 rings (SSSR count). The van der Waals surface area contributed by atoms with Gasteiger partial charge in [0.25, 0.3) is 10.0 Å². The molecule has 1 heterocycles. The number of carbonyl (C=O) groups excluding carboxylic acids is 1. The third-order valence-electron chi connectivity index (χ3n) is 2.47. The van der Waals surface area contributed by atoms with Gasteiger partial charge in [-0.3, -0.25) is 9.89 Å². The van der Waals surface area contributed by atoms with Crippen molar-refractivity contribution < 1.29 is 13.2 Å². The van der Waals surface area contributed by atoms with Gasteiger partial charge in [0.1, 0.15) is 0 Å². The van der Waals surface area contributed by atoms with Crippen molar-refractivity contribution >= 4 is 31.9 Å². The molecule has 0 saturated heterocycles. The second-order valence-electron chi connectivity index (χ2n) is 4.07. The van der Waals surface area contributed by atoms with Crippen LogP contribution in [0.15, 0.2) is 39.8 Å². The molecular weight excluding hydrogens is 360 g/mol. The van der Waals surface area contributed by atoms with Gasteiger partial charge in [0.2, 0.25) is 5.91 Å². The summed E-state index contributed by atoms with van der Waals surface area (Å²) in [5.74, 6) is -0.697. The molecule has 0 unspecified atom stereocenters. The van der Waals surface area contributed by atoms with Crippen molar-refractivity contribution in [3.8, 4) is 6.07 Å². The van der Waals surface area contributed by atoms with Crippen molar-refractivity contribution in [2.24, 2.45) is 0 Å². The minimum absolute atomic E-state index is 0.141. The summed E-state index contributed by atoms with van der Waals surface area (Å²) >= 11 is 3.12. The molecule has 0 spiro atoms. The van der Waals surface area contributed by atoms with Gasteiger partial charge in [-0.2, -0.15) is 10.4 Å². The molecule has 7 nitrogen and oxygen atoms in total. The fraction of sp³-hybridized carbons (Fsp3) is 0.0833. The molecule has 2 N–H and O–H groups in total. The van der Waals surface area contributed by atoms with E-state index in [1.165, 1.54) is 24.4 Å². The van der Waals surface area contributed by atoms with Crippen molar-refractivity contribution in [3.63, 3.8) is 0 Å². The van der Waals surface area contributed by atoms with Gasteiger partial charge in [-0.25, -0.2) is 13.1 Å². The number of aromatic nitrogens is 2. The number of H-pyrrole nitrogens is 1. The smallest absolute Gasteiger partial charge is 0.264 e. The molecule has 1 aromatic carbocycles. The van der Waals surface area contributed by atoms with Crippen LogP contribution in [0.3, 0.4) is 0 Å². The van der Waals surface area contributed by atoms with Crippen LogP contribution in [0.4, 0.5) is 0 Å². The maximum Gasteiger partial charge on any atom is 0.264 e. The van der Waals surface area contributed by atoms with Crippen LogP contribution < -0.4 is 4.72 Å². The molecule has 1 amide bonds. The molecule has 21 heavy (non-hydrogen) atoms. The van der Waals surface area contributed by atoms with Crippen molar-refractivity contribution in [1.82, 2.24) is 14.9 Å². The lowest BCUT2D eigenvalue weighted by Crippen LogP contribution is -2.32. The van der Waals surface area contributed by atoms with E-state index >= 15 is 0 Å². The van der Waals surface area contributed by atoms with E-state index < -0.39 is 15.9 Å². The highest BCUT2D eigenvalue weighted by molar-refractivity contribution is 9.10. The number of nitrogens with one attached hydrogen (secondary N) is 2. The molecule has 0 atom stereocenters. The minimum Gasteiger partial charge on any atom is -0.282 e. The van der Waals surface area contributed by atoms with Crippen LogP contribution >= 0.6 is 15.9 Å². The lowest BCUT2D eigenvalue weighted by molar-refractivity contribution is -0.118. The lowest BCUT2D eigenvalue weighted by Gasteiger charge is -2.07. The number of hydrogen-bond acceptors (Lipinski definition) is 5. The minimum atomic E-state index is -4.03. The Labute approximate surface area is 129 Å². The summed E-state index contributed by atoms with van der Waals surface area (Å²) in [6, 6.07) is 7.40. The summed E-state index contributed by atoms with van der Waals surface area (Å²) in [6.07, 6.45) is 1.32. The van der Waals surface area contributed by atoms with Crippen molar-refractivity contribution in [2.45, 2.75) is 11.3 Å². The first-order valence-electron chi connectivity index (χ1n) is 5.65. The van der Waals surface area contributed by atoms with E-state index in [9.17, 15) is 13.2 Å². The predicted octanol–water partition coefficient (Wildman–Crippen LogP) is 1.09. The van der Waals surface area contributed by atoms with Gasteiger partial charge >= 0.3 is 0 Å². The van der Waals surface area contributed by atoms with E-state index in [0.717, 1.165) is 0 Å². The van der Waals surface area contributed by atoms with Gasteiger partial charge in [0.05, 0.1) is 22.9 Å². The van der Waals surface area contributed by atoms with Crippen LogP contribution in [0.2, 0.25) is 0 Å². The maximum absolute atomic E-state index is 12.1. The van der Waals surface area contributed by atoms with Crippen LogP contribution in [0.5, 0.6) is 0 Å². The van der Waals surface area contributed by atoms with Crippen LogP contribution in [0.25, 0.3) is 0 Å². The number of aromatic amines is 1. The summed E-state index contributed by atoms with van der Waals surface area (Å²) in [7, 11) is -4.03. The first-order chi connectivity index (χ1) is 9.90. The van der Waals surface area contributed by atoms with E-state index in [2.05, 4.69) is 26.1 Å². The van der Waals surface area contributed by atoms with Crippen molar-refractivity contribution in [3.05, 3.63) is 46.2 Å². The molecule has 0 saturated carbocycles. The molecule has 9 heteroatoms. The fourth-order valence-corrected chi connectivity index (χ4v) is 3.28. The Bertz CT molecular complexity index is 810. The summed E-state index contributed by atoms with van der Waals surface area (Å²) in [5, 5.41) is 15.1. The van der Waals surface area contributed by atoms with E-state index in [0.29, 0.717) is 10.2 Å². The van der Waals surface area contributed by atoms with Gasteiger partial charge in [0.15, 0.2) is 0 Å². The Hall–Kier alpha value is -2.18. The Balaban J connectivity index is 2.20. The topological polar surface area (TPSA) is 116 Å². The van der Waals surface area contributed by atoms with Crippen molar-refractivity contribution in [2.75, 3.05) is 0 Å². The molecule has 0 aliphatic heterocycles. The van der Waals surface area contributed by atoms with Crippen LogP contribution in [-0.4, -0.2) is 24.5 Å². The molecule has 108 valence electrons. The number of nitrogens with zero attached hydrogens (tertiary/aromatic N) is 2. The Kier molecular flexibility index (Phi) is 4.40. The zero-order chi connectivity index (χ0) is 15.5. The third-order valence-corrected chi connectivity index (χ3v) is 4.28. The lowest BCUT2D eigenvalue weighted by atomic mass is 10.2. The summed E-state index contributed by atoms with van der Waals surface area (Å²) in [6.45, 7) is 0. The SMILES string of the molecule is N#Cc1cc(Br)cc(S(=O)(=O)NC(=O)Cc2ccn[nH]2)c1. The second kappa shape index (κ2) is 6.07. The number of amides is 1. The number of hydrogen-bond donors (Lipinski definition) is 2. The van der Waals surface area contributed by atoms with Crippen molar-refractivity contribution in [1.29, 1.82) is 5.26 Å². The van der Waals surface area contributed by atoms with Gasteiger partial charge in [-0.05, 0) is 24.3 Å². The first kappa shape index (κ1) is 15.2. The first-order valence-corrected chi connectivity index (χ1v) is 7.93. The second-order valence-corrected chi connectivity index (χ2v) is 6.67. The van der Waals surface area contributed by atoms with Gasteiger partial charge in [-0.1, -0.05) is 15.9 Å². The Morgan fingerprint density at radius 3 is 2.81 bits per heavy atom. The van der Waals surface area contributed by atoms with E-state index in [1.54, 1.807) is 6.07 Å². The summed E-state index contributed by atoms with van der Waals surface area (Å²) in [5.41, 5.74) is 0.667. The predicted molar refractivity (Wildman–Crippen MR) is 76.5 cm³/mol. The third kappa shape index (κ3) is 3.90. The average Bonchev–Trinajstić information content (AvgIpc) is 2.89. The molecule has 0 aliphatic rings. The molecule has 0 aliphatic carbocycles. The normalized spacial score (nSPS) is 10.9. The monoisotopic (exact) mass is 368 g/mol. The Morgan fingerprint density at radius 1 is 1.43 bits per heavy atom. The zero-order valence-electron chi connectivity index (χ0n) is 10.5. The van der Waals surface area contributed by atoms with Crippen LogP contribution in [-0.2, 0) is 21.2 Å². The highest BCUT2D eigenvalue weighted by Crippen LogP contribution is 2.19. The molecule has 0 fully saturated rings. The molecule has 1 aromatic heterocycles. The van der Waals surface area contributed by atoms with Crippen LogP contribution in [0.1, 0.15) is 11.3 Å². The van der Waals surface area contributed by atoms with E-state index in [1.807, 2.05) is 10.8 Å². The van der Waals surface area contributed by atoms with Gasteiger partial charge in [-0.15, -0.1) is 0 Å². The number of rotatable bonds is 4. The standard InChI is InChI=1S/C12H9BrN4O3S/c13-9-3-8(7-14)4-11(5-9)21(19,20)17-12(18)6-10-1-2-15-16-10/h1-5H,6H2,(H,15,16)(H,17,18). The maximum atomic E-state index is 12.1. The molecule has 0 bridgehead atoms. The Morgan fingerprint density at radius 2 is 2.19 bits per heavy atom. The highest BCUT2D eigenvalue weighted by atomic mass is 79.9. The summed E-state index contributed by atoms with van der Waals surface area (Å²) < 4.78 is 26.6. The number of nitriles is 1. The quantitative estimate of drug-likeness (QED) is 0.837. The van der Waals surface area contributed by atoms with E-state index in [4.69, 9.17) is 5.26 Å². The number of sulfonamides is 1. The highest BCUT2D eigenvalue weighted by Gasteiger charge is 2.19. The van der Waals surface area contributed by atoms with Gasteiger partial charge < -0.3 is 0 Å². The van der Waals surface area contributed by atoms with Crippen LogP contribution in [0, 0.1) is 11.3 Å². The number of halogens is 1. The molecule has 0 radical (unpaired) electrons. The molecular formula is C12H9BrN4O3S. The largest absolute Gasteiger partial charge is 0.282 e. The number of benzene rings is 1. The van der Waals surface area contributed by atoms with E-state index in [-0.39, 0.29) is 16.9 Å². The van der Waals surface area contributed by atoms with Gasteiger partial charge in [0, 0.05) is 16.4 Å². The summed E-state index contributed by atoms with van der Waals surface area (Å²) in [4.78, 5) is 11.6. The molecule has 2 aromatic rings. The average molecular weight is 369 g/mol. The fourth-order valence-electron chi connectivity index (χ4n) is 1.58. The number of carbonyl (C=O) groups is 1. The zero-order valence-corrected chi connectivity index (χ0v) is 12.9.